The minimum Gasteiger partial charge on any atom is -0.497 e. The van der Waals surface area contributed by atoms with E-state index in [9.17, 15) is 9.59 Å². The quantitative estimate of drug-likeness (QED) is 0.929. The lowest BCUT2D eigenvalue weighted by Gasteiger charge is -2.28. The Balaban J connectivity index is 1.71. The van der Waals surface area contributed by atoms with E-state index in [1.807, 2.05) is 24.3 Å². The SMILES string of the molecule is COc1ccc(N2C(=O)CCC2C(=O)NC2CCCCC2)cc1. The van der Waals surface area contributed by atoms with Crippen LogP contribution in [0, 0.1) is 0 Å². The largest absolute Gasteiger partial charge is 0.497 e. The van der Waals surface area contributed by atoms with E-state index in [1.165, 1.54) is 19.3 Å². The minimum absolute atomic E-state index is 0.0129. The summed E-state index contributed by atoms with van der Waals surface area (Å²) in [6, 6.07) is 7.18. The Hall–Kier alpha value is -2.04. The zero-order valence-corrected chi connectivity index (χ0v) is 13.6. The van der Waals surface area contributed by atoms with Gasteiger partial charge in [0.25, 0.3) is 0 Å². The van der Waals surface area contributed by atoms with Crippen molar-refractivity contribution in [2.75, 3.05) is 12.0 Å². The van der Waals surface area contributed by atoms with Crippen molar-refractivity contribution in [3.63, 3.8) is 0 Å². The van der Waals surface area contributed by atoms with Crippen molar-refractivity contribution in [2.45, 2.75) is 57.0 Å². The van der Waals surface area contributed by atoms with Crippen LogP contribution in [-0.2, 0) is 9.59 Å². The summed E-state index contributed by atoms with van der Waals surface area (Å²) in [7, 11) is 1.61. The van der Waals surface area contributed by atoms with Gasteiger partial charge in [0.15, 0.2) is 0 Å². The molecule has 3 rings (SSSR count). The third kappa shape index (κ3) is 3.49. The fourth-order valence-corrected chi connectivity index (χ4v) is 3.54. The number of nitrogens with zero attached hydrogens (tertiary/aromatic N) is 1. The molecule has 1 heterocycles. The summed E-state index contributed by atoms with van der Waals surface area (Å²) in [5, 5.41) is 3.15. The van der Waals surface area contributed by atoms with Crippen molar-refractivity contribution in [2.24, 2.45) is 0 Å². The summed E-state index contributed by atoms with van der Waals surface area (Å²) in [6.07, 6.45) is 6.72. The van der Waals surface area contributed by atoms with E-state index in [-0.39, 0.29) is 17.9 Å². The van der Waals surface area contributed by atoms with E-state index in [2.05, 4.69) is 5.32 Å². The third-order valence-corrected chi connectivity index (χ3v) is 4.82. The van der Waals surface area contributed by atoms with Crippen LogP contribution in [0.3, 0.4) is 0 Å². The first kappa shape index (κ1) is 15.8. The van der Waals surface area contributed by atoms with Crippen molar-refractivity contribution >= 4 is 17.5 Å². The molecule has 1 atom stereocenters. The van der Waals surface area contributed by atoms with Gasteiger partial charge in [-0.15, -0.1) is 0 Å². The van der Waals surface area contributed by atoms with Gasteiger partial charge >= 0.3 is 0 Å². The number of nitrogens with one attached hydrogen (secondary N) is 1. The van der Waals surface area contributed by atoms with Gasteiger partial charge in [-0.3, -0.25) is 14.5 Å². The number of carbonyl (C=O) groups excluding carboxylic acids is 2. The van der Waals surface area contributed by atoms with Crippen LogP contribution in [-0.4, -0.2) is 31.0 Å². The molecule has 2 aliphatic rings. The van der Waals surface area contributed by atoms with Crippen LogP contribution in [0.1, 0.15) is 44.9 Å². The molecule has 0 radical (unpaired) electrons. The molecule has 124 valence electrons. The van der Waals surface area contributed by atoms with Crippen LogP contribution in [0.5, 0.6) is 5.75 Å². The Morgan fingerprint density at radius 2 is 1.83 bits per heavy atom. The van der Waals surface area contributed by atoms with Gasteiger partial charge in [-0.2, -0.15) is 0 Å². The van der Waals surface area contributed by atoms with E-state index < -0.39 is 6.04 Å². The Kier molecular flexibility index (Phi) is 4.84. The fourth-order valence-electron chi connectivity index (χ4n) is 3.54. The van der Waals surface area contributed by atoms with Crippen molar-refractivity contribution in [1.29, 1.82) is 0 Å². The predicted octanol–water partition coefficient (Wildman–Crippen LogP) is 2.64. The number of methoxy groups -OCH3 is 1. The second kappa shape index (κ2) is 7.02. The molecular weight excluding hydrogens is 292 g/mol. The number of anilines is 1. The lowest BCUT2D eigenvalue weighted by molar-refractivity contribution is -0.124. The van der Waals surface area contributed by atoms with Crippen LogP contribution in [0.4, 0.5) is 5.69 Å². The molecule has 1 N–H and O–H groups in total. The zero-order valence-electron chi connectivity index (χ0n) is 13.6. The molecule has 1 aromatic carbocycles. The van der Waals surface area contributed by atoms with Gasteiger partial charge in [0.05, 0.1) is 7.11 Å². The number of carbonyl (C=O) groups is 2. The summed E-state index contributed by atoms with van der Waals surface area (Å²) in [5.74, 6) is 0.737. The van der Waals surface area contributed by atoms with E-state index in [4.69, 9.17) is 4.74 Å². The Morgan fingerprint density at radius 1 is 1.13 bits per heavy atom. The van der Waals surface area contributed by atoms with Crippen molar-refractivity contribution in [1.82, 2.24) is 5.32 Å². The van der Waals surface area contributed by atoms with E-state index >= 15 is 0 Å². The summed E-state index contributed by atoms with van der Waals surface area (Å²) in [5.41, 5.74) is 0.761. The first-order valence-corrected chi connectivity index (χ1v) is 8.45. The monoisotopic (exact) mass is 316 g/mol. The molecule has 5 nitrogen and oxygen atoms in total. The molecule has 1 saturated carbocycles. The number of benzene rings is 1. The highest BCUT2D eigenvalue weighted by Gasteiger charge is 2.37. The predicted molar refractivity (Wildman–Crippen MR) is 88.5 cm³/mol. The van der Waals surface area contributed by atoms with Crippen molar-refractivity contribution < 1.29 is 14.3 Å². The molecule has 23 heavy (non-hydrogen) atoms. The second-order valence-corrected chi connectivity index (χ2v) is 6.36. The van der Waals surface area contributed by atoms with Crippen LogP contribution in [0.25, 0.3) is 0 Å². The second-order valence-electron chi connectivity index (χ2n) is 6.36. The van der Waals surface area contributed by atoms with Crippen LogP contribution >= 0.6 is 0 Å². The number of ether oxygens (including phenoxy) is 1. The maximum atomic E-state index is 12.6. The summed E-state index contributed by atoms with van der Waals surface area (Å²) in [6.45, 7) is 0. The molecule has 1 aromatic rings. The van der Waals surface area contributed by atoms with Gasteiger partial charge in [0.1, 0.15) is 11.8 Å². The molecule has 0 spiro atoms. The van der Waals surface area contributed by atoms with Gasteiger partial charge in [-0.25, -0.2) is 0 Å². The number of amides is 2. The minimum atomic E-state index is -0.391. The molecule has 1 aliphatic heterocycles. The molecule has 0 bridgehead atoms. The van der Waals surface area contributed by atoms with Crippen molar-refractivity contribution in [3.05, 3.63) is 24.3 Å². The van der Waals surface area contributed by atoms with E-state index in [1.54, 1.807) is 12.0 Å². The fraction of sp³-hybridized carbons (Fsp3) is 0.556. The summed E-state index contributed by atoms with van der Waals surface area (Å²) >= 11 is 0. The highest BCUT2D eigenvalue weighted by Crippen LogP contribution is 2.29. The normalized spacial score (nSPS) is 22.2. The summed E-state index contributed by atoms with van der Waals surface area (Å²) < 4.78 is 5.15. The maximum absolute atomic E-state index is 12.6. The molecule has 2 fully saturated rings. The Morgan fingerprint density at radius 3 is 2.48 bits per heavy atom. The van der Waals surface area contributed by atoms with Crippen molar-refractivity contribution in [3.8, 4) is 5.75 Å². The average Bonchev–Trinajstić information content (AvgIpc) is 2.97. The number of rotatable bonds is 4. The molecule has 5 heteroatoms. The first-order chi connectivity index (χ1) is 11.2. The molecule has 1 aliphatic carbocycles. The standard InChI is InChI=1S/C18H24N2O3/c1-23-15-9-7-14(8-10-15)20-16(11-12-17(20)21)18(22)19-13-5-3-2-4-6-13/h7-10,13,16H,2-6,11-12H2,1H3,(H,19,22). The Labute approximate surface area is 137 Å². The molecule has 1 saturated heterocycles. The van der Waals surface area contributed by atoms with Crippen LogP contribution < -0.4 is 15.0 Å². The summed E-state index contributed by atoms with van der Waals surface area (Å²) in [4.78, 5) is 26.5. The molecule has 1 unspecified atom stereocenters. The average molecular weight is 316 g/mol. The number of hydrogen-bond acceptors (Lipinski definition) is 3. The van der Waals surface area contributed by atoms with E-state index in [0.717, 1.165) is 24.3 Å². The molecule has 0 aromatic heterocycles. The van der Waals surface area contributed by atoms with E-state index in [0.29, 0.717) is 12.8 Å². The van der Waals surface area contributed by atoms with Gasteiger partial charge in [-0.05, 0) is 43.5 Å². The topological polar surface area (TPSA) is 58.6 Å². The van der Waals surface area contributed by atoms with Crippen LogP contribution in [0.2, 0.25) is 0 Å². The van der Waals surface area contributed by atoms with Gasteiger partial charge in [0, 0.05) is 18.2 Å². The molecule has 2 amide bonds. The van der Waals surface area contributed by atoms with Crippen LogP contribution in [0.15, 0.2) is 24.3 Å². The Bertz CT molecular complexity index is 564. The van der Waals surface area contributed by atoms with Gasteiger partial charge < -0.3 is 10.1 Å². The third-order valence-electron chi connectivity index (χ3n) is 4.82. The highest BCUT2D eigenvalue weighted by molar-refractivity contribution is 6.03. The molecular formula is C18H24N2O3. The highest BCUT2D eigenvalue weighted by atomic mass is 16.5. The lowest BCUT2D eigenvalue weighted by atomic mass is 9.95. The lowest BCUT2D eigenvalue weighted by Crippen LogP contribution is -2.48. The van der Waals surface area contributed by atoms with Gasteiger partial charge in [-0.1, -0.05) is 19.3 Å². The smallest absolute Gasteiger partial charge is 0.243 e. The maximum Gasteiger partial charge on any atom is 0.243 e. The number of hydrogen-bond donors (Lipinski definition) is 1. The first-order valence-electron chi connectivity index (χ1n) is 8.45. The van der Waals surface area contributed by atoms with Gasteiger partial charge in [0.2, 0.25) is 11.8 Å². The zero-order chi connectivity index (χ0) is 16.2.